The molecule has 0 unspecified atom stereocenters. The SMILES string of the molecule is Cc1ccc(S(=O)(=O)[C@H]2CCC[C@H]2Cl)cc1. The number of aryl methyl sites for hydroxylation is 1. The molecule has 0 saturated heterocycles. The van der Waals surface area contributed by atoms with Crippen molar-refractivity contribution in [2.45, 2.75) is 41.7 Å². The number of benzene rings is 1. The lowest BCUT2D eigenvalue weighted by atomic mass is 10.2. The zero-order valence-corrected chi connectivity index (χ0v) is 10.8. The fourth-order valence-electron chi connectivity index (χ4n) is 2.13. The highest BCUT2D eigenvalue weighted by Crippen LogP contribution is 2.33. The van der Waals surface area contributed by atoms with Crippen molar-refractivity contribution < 1.29 is 8.42 Å². The molecule has 2 atom stereocenters. The quantitative estimate of drug-likeness (QED) is 0.765. The molecule has 0 aromatic heterocycles. The van der Waals surface area contributed by atoms with E-state index in [1.54, 1.807) is 12.1 Å². The molecule has 2 nitrogen and oxygen atoms in total. The van der Waals surface area contributed by atoms with E-state index in [2.05, 4.69) is 0 Å². The lowest BCUT2D eigenvalue weighted by Crippen LogP contribution is -2.25. The van der Waals surface area contributed by atoms with E-state index in [0.717, 1.165) is 18.4 Å². The molecule has 0 spiro atoms. The van der Waals surface area contributed by atoms with Gasteiger partial charge in [-0.15, -0.1) is 11.6 Å². The summed E-state index contributed by atoms with van der Waals surface area (Å²) in [6.45, 7) is 1.94. The highest BCUT2D eigenvalue weighted by atomic mass is 35.5. The van der Waals surface area contributed by atoms with E-state index in [0.29, 0.717) is 11.3 Å². The third-order valence-corrected chi connectivity index (χ3v) is 6.08. The Morgan fingerprint density at radius 2 is 1.81 bits per heavy atom. The zero-order chi connectivity index (χ0) is 11.8. The lowest BCUT2D eigenvalue weighted by molar-refractivity contribution is 0.580. The van der Waals surface area contributed by atoms with Crippen molar-refractivity contribution in [3.63, 3.8) is 0 Å². The molecule has 1 aromatic rings. The van der Waals surface area contributed by atoms with Gasteiger partial charge in [-0.05, 0) is 31.9 Å². The number of sulfone groups is 1. The normalized spacial score (nSPS) is 25.9. The van der Waals surface area contributed by atoms with Crippen LogP contribution in [0, 0.1) is 6.92 Å². The Balaban J connectivity index is 2.35. The van der Waals surface area contributed by atoms with Crippen LogP contribution >= 0.6 is 11.6 Å². The van der Waals surface area contributed by atoms with Gasteiger partial charge in [0.25, 0.3) is 0 Å². The molecular formula is C12H15ClO2S. The number of alkyl halides is 1. The van der Waals surface area contributed by atoms with Gasteiger partial charge in [0.15, 0.2) is 9.84 Å². The molecule has 1 aliphatic carbocycles. The Bertz CT molecular complexity index is 464. The van der Waals surface area contributed by atoms with Crippen molar-refractivity contribution in [3.8, 4) is 0 Å². The van der Waals surface area contributed by atoms with Crippen molar-refractivity contribution in [3.05, 3.63) is 29.8 Å². The number of hydrogen-bond donors (Lipinski definition) is 0. The minimum atomic E-state index is -3.24. The van der Waals surface area contributed by atoms with Crippen molar-refractivity contribution >= 4 is 21.4 Å². The molecule has 0 N–H and O–H groups in total. The molecule has 2 rings (SSSR count). The highest BCUT2D eigenvalue weighted by molar-refractivity contribution is 7.92. The van der Waals surface area contributed by atoms with Gasteiger partial charge in [0.2, 0.25) is 0 Å². The number of hydrogen-bond acceptors (Lipinski definition) is 2. The van der Waals surface area contributed by atoms with Crippen LogP contribution in [0.25, 0.3) is 0 Å². The average Bonchev–Trinajstić information content (AvgIpc) is 2.66. The topological polar surface area (TPSA) is 34.1 Å². The lowest BCUT2D eigenvalue weighted by Gasteiger charge is -2.14. The van der Waals surface area contributed by atoms with Gasteiger partial charge in [-0.3, -0.25) is 0 Å². The molecule has 0 radical (unpaired) electrons. The molecule has 0 bridgehead atoms. The molecule has 1 aliphatic rings. The van der Waals surface area contributed by atoms with Crippen molar-refractivity contribution in [2.75, 3.05) is 0 Å². The summed E-state index contributed by atoms with van der Waals surface area (Å²) in [5.41, 5.74) is 1.06. The Labute approximate surface area is 102 Å². The summed E-state index contributed by atoms with van der Waals surface area (Å²) in [5.74, 6) is 0. The van der Waals surface area contributed by atoms with Crippen LogP contribution in [0.15, 0.2) is 29.2 Å². The van der Waals surface area contributed by atoms with Crippen molar-refractivity contribution in [1.29, 1.82) is 0 Å². The summed E-state index contributed by atoms with van der Waals surface area (Å²) >= 11 is 6.06. The molecule has 1 fully saturated rings. The highest BCUT2D eigenvalue weighted by Gasteiger charge is 2.37. The van der Waals surface area contributed by atoms with Gasteiger partial charge in [-0.25, -0.2) is 8.42 Å². The second kappa shape index (κ2) is 4.38. The second-order valence-corrected chi connectivity index (χ2v) is 7.07. The first-order valence-electron chi connectivity index (χ1n) is 5.46. The maximum absolute atomic E-state index is 12.3. The van der Waals surface area contributed by atoms with E-state index < -0.39 is 15.1 Å². The Kier molecular flexibility index (Phi) is 3.27. The molecule has 88 valence electrons. The van der Waals surface area contributed by atoms with Crippen LogP contribution in [0.5, 0.6) is 0 Å². The summed E-state index contributed by atoms with van der Waals surface area (Å²) in [6, 6.07) is 7.00. The minimum absolute atomic E-state index is 0.230. The maximum atomic E-state index is 12.3. The van der Waals surface area contributed by atoms with Crippen molar-refractivity contribution in [1.82, 2.24) is 0 Å². The van der Waals surface area contributed by atoms with Gasteiger partial charge in [0.1, 0.15) is 0 Å². The standard InChI is InChI=1S/C12H15ClO2S/c1-9-5-7-10(8-6-9)16(14,15)12-4-2-3-11(12)13/h5-8,11-12H,2-4H2,1H3/t11-,12+/m1/s1. The number of halogens is 1. The molecule has 1 aromatic carbocycles. The van der Waals surface area contributed by atoms with Gasteiger partial charge in [-0.1, -0.05) is 24.1 Å². The first-order chi connectivity index (χ1) is 7.51. The zero-order valence-electron chi connectivity index (χ0n) is 9.19. The van der Waals surface area contributed by atoms with Gasteiger partial charge in [0, 0.05) is 0 Å². The van der Waals surface area contributed by atoms with Crippen LogP contribution in [0.2, 0.25) is 0 Å². The molecule has 4 heteroatoms. The van der Waals surface area contributed by atoms with E-state index in [9.17, 15) is 8.42 Å². The molecule has 1 saturated carbocycles. The van der Waals surface area contributed by atoms with Crippen LogP contribution in [-0.2, 0) is 9.84 Å². The van der Waals surface area contributed by atoms with Gasteiger partial charge in [-0.2, -0.15) is 0 Å². The van der Waals surface area contributed by atoms with E-state index in [1.165, 1.54) is 0 Å². The van der Waals surface area contributed by atoms with Gasteiger partial charge < -0.3 is 0 Å². The molecule has 0 amide bonds. The largest absolute Gasteiger partial charge is 0.223 e. The predicted octanol–water partition coefficient (Wildman–Crippen LogP) is 2.93. The van der Waals surface area contributed by atoms with Gasteiger partial charge in [0.05, 0.1) is 15.5 Å². The number of rotatable bonds is 2. The molecule has 0 heterocycles. The Morgan fingerprint density at radius 3 is 2.31 bits per heavy atom. The summed E-state index contributed by atoms with van der Waals surface area (Å²) in [4.78, 5) is 0.399. The summed E-state index contributed by atoms with van der Waals surface area (Å²) in [5, 5.41) is -0.636. The van der Waals surface area contributed by atoms with E-state index in [1.807, 2.05) is 19.1 Å². The average molecular weight is 259 g/mol. The fraction of sp³-hybridized carbons (Fsp3) is 0.500. The van der Waals surface area contributed by atoms with Gasteiger partial charge >= 0.3 is 0 Å². The van der Waals surface area contributed by atoms with Crippen LogP contribution in [0.3, 0.4) is 0 Å². The monoisotopic (exact) mass is 258 g/mol. The van der Waals surface area contributed by atoms with E-state index >= 15 is 0 Å². The van der Waals surface area contributed by atoms with Crippen molar-refractivity contribution in [2.24, 2.45) is 0 Å². The molecule has 16 heavy (non-hydrogen) atoms. The van der Waals surface area contributed by atoms with Crippen LogP contribution in [0.4, 0.5) is 0 Å². The van der Waals surface area contributed by atoms with Crippen LogP contribution < -0.4 is 0 Å². The minimum Gasteiger partial charge on any atom is -0.223 e. The Morgan fingerprint density at radius 1 is 1.19 bits per heavy atom. The van der Waals surface area contributed by atoms with E-state index in [-0.39, 0.29) is 5.38 Å². The van der Waals surface area contributed by atoms with Crippen LogP contribution in [0.1, 0.15) is 24.8 Å². The maximum Gasteiger partial charge on any atom is 0.182 e. The molecular weight excluding hydrogens is 244 g/mol. The summed E-state index contributed by atoms with van der Waals surface area (Å²) in [7, 11) is -3.24. The van der Waals surface area contributed by atoms with E-state index in [4.69, 9.17) is 11.6 Å². The fourth-order valence-corrected chi connectivity index (χ4v) is 4.69. The predicted molar refractivity (Wildman–Crippen MR) is 65.6 cm³/mol. The first kappa shape index (κ1) is 11.9. The third-order valence-electron chi connectivity index (χ3n) is 3.12. The Hall–Kier alpha value is -0.540. The first-order valence-corrected chi connectivity index (χ1v) is 7.45. The third kappa shape index (κ3) is 2.11. The van der Waals surface area contributed by atoms with Crippen LogP contribution in [-0.4, -0.2) is 19.0 Å². The summed E-state index contributed by atoms with van der Waals surface area (Å²) < 4.78 is 24.5. The summed E-state index contributed by atoms with van der Waals surface area (Å²) in [6.07, 6.45) is 2.39. The molecule has 0 aliphatic heterocycles. The smallest absolute Gasteiger partial charge is 0.182 e. The second-order valence-electron chi connectivity index (χ2n) is 4.34.